The van der Waals surface area contributed by atoms with Crippen LogP contribution in [-0.2, 0) is 0 Å². The van der Waals surface area contributed by atoms with Crippen molar-refractivity contribution in [3.8, 4) is 0 Å². The summed E-state index contributed by atoms with van der Waals surface area (Å²) in [6.07, 6.45) is 6.60. The van der Waals surface area contributed by atoms with E-state index in [2.05, 4.69) is 35.9 Å². The van der Waals surface area contributed by atoms with Crippen molar-refractivity contribution in [2.75, 3.05) is 39.3 Å². The van der Waals surface area contributed by atoms with E-state index in [0.717, 1.165) is 6.04 Å². The lowest BCUT2D eigenvalue weighted by Gasteiger charge is -2.42. The third kappa shape index (κ3) is 3.71. The number of piperidine rings is 1. The summed E-state index contributed by atoms with van der Waals surface area (Å²) in [4.78, 5) is 5.43. The molecule has 112 valence electrons. The number of nitrogens with zero attached hydrogens (tertiary/aromatic N) is 2. The van der Waals surface area contributed by atoms with Gasteiger partial charge in [0.15, 0.2) is 0 Å². The summed E-state index contributed by atoms with van der Waals surface area (Å²) in [5.41, 5.74) is 0.366. The van der Waals surface area contributed by atoms with E-state index in [1.54, 1.807) is 0 Å². The lowest BCUT2D eigenvalue weighted by molar-refractivity contribution is 0.0816. The average Bonchev–Trinajstić information content (AvgIpc) is 2.70. The normalized spacial score (nSPS) is 30.2. The minimum atomic E-state index is 0.366. The molecule has 0 spiro atoms. The Morgan fingerprint density at radius 1 is 1.11 bits per heavy atom. The first-order chi connectivity index (χ1) is 9.23. The van der Waals surface area contributed by atoms with Gasteiger partial charge < -0.3 is 10.2 Å². The molecular weight excluding hydrogens is 234 g/mol. The Morgan fingerprint density at radius 2 is 1.89 bits per heavy atom. The molecular formula is C16H33N3. The van der Waals surface area contributed by atoms with E-state index in [9.17, 15) is 0 Å². The summed E-state index contributed by atoms with van der Waals surface area (Å²) in [6, 6.07) is 0.797. The first kappa shape index (κ1) is 15.3. The summed E-state index contributed by atoms with van der Waals surface area (Å²) >= 11 is 0. The van der Waals surface area contributed by atoms with Gasteiger partial charge in [-0.1, -0.05) is 20.8 Å². The van der Waals surface area contributed by atoms with E-state index in [0.29, 0.717) is 5.54 Å². The maximum Gasteiger partial charge on any atom is 0.0303 e. The molecule has 0 aromatic heterocycles. The van der Waals surface area contributed by atoms with Crippen LogP contribution < -0.4 is 5.32 Å². The molecule has 2 aliphatic rings. The third-order valence-corrected chi connectivity index (χ3v) is 5.43. The van der Waals surface area contributed by atoms with E-state index < -0.39 is 0 Å². The Hall–Kier alpha value is -0.120. The number of likely N-dealkylation sites (N-methyl/N-ethyl adjacent to an activating group) is 1. The van der Waals surface area contributed by atoms with Gasteiger partial charge in [0.05, 0.1) is 0 Å². The molecule has 0 aromatic carbocycles. The molecule has 2 heterocycles. The van der Waals surface area contributed by atoms with E-state index in [1.165, 1.54) is 71.4 Å². The lowest BCUT2D eigenvalue weighted by atomic mass is 9.91. The monoisotopic (exact) mass is 267 g/mol. The molecule has 2 rings (SSSR count). The van der Waals surface area contributed by atoms with Gasteiger partial charge in [0.1, 0.15) is 0 Å². The summed E-state index contributed by atoms with van der Waals surface area (Å²) in [7, 11) is 0. The van der Waals surface area contributed by atoms with Crippen LogP contribution in [0.15, 0.2) is 0 Å². The number of likely N-dealkylation sites (tertiary alicyclic amines) is 1. The van der Waals surface area contributed by atoms with Crippen LogP contribution in [0.25, 0.3) is 0 Å². The minimum absolute atomic E-state index is 0.366. The second-order valence-electron chi connectivity index (χ2n) is 6.43. The molecule has 3 heteroatoms. The predicted octanol–water partition coefficient (Wildman–Crippen LogP) is 2.32. The van der Waals surface area contributed by atoms with Crippen LogP contribution in [-0.4, -0.2) is 60.6 Å². The zero-order chi connectivity index (χ0) is 13.7. The highest BCUT2D eigenvalue weighted by molar-refractivity contribution is 4.94. The molecule has 0 bridgehead atoms. The van der Waals surface area contributed by atoms with E-state index in [1.807, 2.05) is 0 Å². The molecule has 1 atom stereocenters. The second-order valence-corrected chi connectivity index (χ2v) is 6.43. The summed E-state index contributed by atoms with van der Waals surface area (Å²) in [5, 5.41) is 3.83. The van der Waals surface area contributed by atoms with Crippen LogP contribution in [0.2, 0.25) is 0 Å². The van der Waals surface area contributed by atoms with Crippen LogP contribution in [0.4, 0.5) is 0 Å². The molecule has 0 amide bonds. The van der Waals surface area contributed by atoms with Crippen molar-refractivity contribution in [1.82, 2.24) is 15.1 Å². The Bertz CT molecular complexity index is 263. The highest BCUT2D eigenvalue weighted by atomic mass is 15.3. The zero-order valence-corrected chi connectivity index (χ0v) is 13.2. The fourth-order valence-corrected chi connectivity index (χ4v) is 3.81. The Balaban J connectivity index is 2.01. The van der Waals surface area contributed by atoms with Crippen molar-refractivity contribution in [3.05, 3.63) is 0 Å². The molecule has 2 fully saturated rings. The molecule has 19 heavy (non-hydrogen) atoms. The average molecular weight is 267 g/mol. The number of hydrogen-bond donors (Lipinski definition) is 1. The van der Waals surface area contributed by atoms with E-state index >= 15 is 0 Å². The standard InChI is InChI=1S/C16H33N3/c1-4-16(5-2)14-19(12-8-10-17-16)15-9-7-11-18(6-3)13-15/h15,17H,4-14H2,1-3H3. The Kier molecular flexibility index (Phi) is 5.67. The molecule has 2 saturated heterocycles. The Labute approximate surface area is 119 Å². The first-order valence-corrected chi connectivity index (χ1v) is 8.44. The van der Waals surface area contributed by atoms with Gasteiger partial charge >= 0.3 is 0 Å². The number of hydrogen-bond acceptors (Lipinski definition) is 3. The van der Waals surface area contributed by atoms with Crippen molar-refractivity contribution < 1.29 is 0 Å². The maximum absolute atomic E-state index is 3.83. The second kappa shape index (κ2) is 7.05. The zero-order valence-electron chi connectivity index (χ0n) is 13.2. The SMILES string of the molecule is CCN1CCCC(N2CCCNC(CC)(CC)C2)C1. The van der Waals surface area contributed by atoms with Crippen molar-refractivity contribution in [1.29, 1.82) is 0 Å². The van der Waals surface area contributed by atoms with Crippen LogP contribution in [0.5, 0.6) is 0 Å². The molecule has 1 N–H and O–H groups in total. The molecule has 0 saturated carbocycles. The quantitative estimate of drug-likeness (QED) is 0.843. The van der Waals surface area contributed by atoms with Crippen LogP contribution in [0, 0.1) is 0 Å². The predicted molar refractivity (Wildman–Crippen MR) is 82.6 cm³/mol. The molecule has 1 unspecified atom stereocenters. The molecule has 0 radical (unpaired) electrons. The van der Waals surface area contributed by atoms with Crippen molar-refractivity contribution >= 4 is 0 Å². The summed E-state index contributed by atoms with van der Waals surface area (Å²) < 4.78 is 0. The smallest absolute Gasteiger partial charge is 0.0303 e. The van der Waals surface area contributed by atoms with Crippen LogP contribution >= 0.6 is 0 Å². The van der Waals surface area contributed by atoms with Gasteiger partial charge in [0.2, 0.25) is 0 Å². The maximum atomic E-state index is 3.83. The van der Waals surface area contributed by atoms with Crippen molar-refractivity contribution in [2.24, 2.45) is 0 Å². The third-order valence-electron chi connectivity index (χ3n) is 5.43. The van der Waals surface area contributed by atoms with Gasteiger partial charge in [0, 0.05) is 24.7 Å². The molecule has 0 aliphatic carbocycles. The highest BCUT2D eigenvalue weighted by Crippen LogP contribution is 2.24. The number of nitrogens with one attached hydrogen (secondary N) is 1. The fraction of sp³-hybridized carbons (Fsp3) is 1.00. The largest absolute Gasteiger partial charge is 0.310 e. The molecule has 2 aliphatic heterocycles. The molecule has 3 nitrogen and oxygen atoms in total. The van der Waals surface area contributed by atoms with Gasteiger partial charge in [-0.15, -0.1) is 0 Å². The van der Waals surface area contributed by atoms with Crippen molar-refractivity contribution in [3.63, 3.8) is 0 Å². The minimum Gasteiger partial charge on any atom is -0.310 e. The number of rotatable bonds is 4. The topological polar surface area (TPSA) is 18.5 Å². The summed E-state index contributed by atoms with van der Waals surface area (Å²) in [6.45, 7) is 14.6. The molecule has 0 aromatic rings. The van der Waals surface area contributed by atoms with Gasteiger partial charge in [-0.3, -0.25) is 4.90 Å². The van der Waals surface area contributed by atoms with E-state index in [4.69, 9.17) is 0 Å². The summed E-state index contributed by atoms with van der Waals surface area (Å²) in [5.74, 6) is 0. The van der Waals surface area contributed by atoms with Crippen molar-refractivity contribution in [2.45, 2.75) is 64.5 Å². The van der Waals surface area contributed by atoms with E-state index in [-0.39, 0.29) is 0 Å². The fourth-order valence-electron chi connectivity index (χ4n) is 3.81. The first-order valence-electron chi connectivity index (χ1n) is 8.44. The Morgan fingerprint density at radius 3 is 2.58 bits per heavy atom. The van der Waals surface area contributed by atoms with Crippen LogP contribution in [0.3, 0.4) is 0 Å². The lowest BCUT2D eigenvalue weighted by Crippen LogP contribution is -2.55. The van der Waals surface area contributed by atoms with Crippen LogP contribution in [0.1, 0.15) is 52.9 Å². The van der Waals surface area contributed by atoms with Gasteiger partial charge in [-0.25, -0.2) is 0 Å². The van der Waals surface area contributed by atoms with Gasteiger partial charge in [-0.05, 0) is 58.3 Å². The van der Waals surface area contributed by atoms with Gasteiger partial charge in [0.25, 0.3) is 0 Å². The van der Waals surface area contributed by atoms with Gasteiger partial charge in [-0.2, -0.15) is 0 Å². The highest BCUT2D eigenvalue weighted by Gasteiger charge is 2.34.